The highest BCUT2D eigenvalue weighted by Gasteiger charge is 2.19. The maximum Gasteiger partial charge on any atom is 0.211 e. The van der Waals surface area contributed by atoms with Gasteiger partial charge in [0.1, 0.15) is 16.4 Å². The van der Waals surface area contributed by atoms with Crippen LogP contribution in [0.5, 0.6) is 5.75 Å². The Morgan fingerprint density at radius 2 is 2.37 bits per heavy atom. The first kappa shape index (κ1) is 13.8. The predicted molar refractivity (Wildman–Crippen MR) is 77.1 cm³/mol. The molecule has 2 rings (SSSR count). The second kappa shape index (κ2) is 6.03. The highest BCUT2D eigenvalue weighted by molar-refractivity contribution is 7.99. The van der Waals surface area contributed by atoms with Crippen molar-refractivity contribution in [2.24, 2.45) is 0 Å². The summed E-state index contributed by atoms with van der Waals surface area (Å²) in [6, 6.07) is 1.75. The van der Waals surface area contributed by atoms with E-state index >= 15 is 0 Å². The lowest BCUT2D eigenvalue weighted by Gasteiger charge is -2.05. The molecule has 0 bridgehead atoms. The molecular formula is C12H13N3O2S2. The lowest BCUT2D eigenvalue weighted by atomic mass is 10.1. The van der Waals surface area contributed by atoms with Crippen molar-refractivity contribution in [3.63, 3.8) is 0 Å². The summed E-state index contributed by atoms with van der Waals surface area (Å²) >= 11 is 2.79. The van der Waals surface area contributed by atoms with Gasteiger partial charge in [0.2, 0.25) is 5.78 Å². The van der Waals surface area contributed by atoms with Crippen LogP contribution in [0, 0.1) is 0 Å². The second-order valence-corrected chi connectivity index (χ2v) is 5.68. The van der Waals surface area contributed by atoms with E-state index in [2.05, 4.69) is 9.97 Å². The zero-order valence-electron chi connectivity index (χ0n) is 10.5. The van der Waals surface area contributed by atoms with Crippen molar-refractivity contribution >= 4 is 34.7 Å². The minimum absolute atomic E-state index is 0.200. The topological polar surface area (TPSA) is 78.1 Å². The smallest absolute Gasteiger partial charge is 0.211 e. The fourth-order valence-corrected chi connectivity index (χ4v) is 2.86. The quantitative estimate of drug-likeness (QED) is 0.518. The molecule has 2 heterocycles. The Morgan fingerprint density at radius 1 is 1.58 bits per heavy atom. The highest BCUT2D eigenvalue weighted by atomic mass is 32.2. The zero-order valence-corrected chi connectivity index (χ0v) is 12.2. The number of carbonyl (C=O) groups excluding carboxylic acids is 1. The SMILES string of the molecule is CCSc1ncc(C(=O)c2sccc2OC)c(N)n1. The number of rotatable bonds is 5. The first-order valence-corrected chi connectivity index (χ1v) is 7.45. The van der Waals surface area contributed by atoms with E-state index in [4.69, 9.17) is 10.5 Å². The number of aromatic nitrogens is 2. The number of methoxy groups -OCH3 is 1. The van der Waals surface area contributed by atoms with Crippen LogP contribution in [0.25, 0.3) is 0 Å². The van der Waals surface area contributed by atoms with Crippen molar-refractivity contribution in [2.45, 2.75) is 12.1 Å². The van der Waals surface area contributed by atoms with Crippen LogP contribution in [0.4, 0.5) is 5.82 Å². The number of nitrogen functional groups attached to an aromatic ring is 1. The van der Waals surface area contributed by atoms with Crippen molar-refractivity contribution in [1.29, 1.82) is 0 Å². The third kappa shape index (κ3) is 2.87. The van der Waals surface area contributed by atoms with E-state index < -0.39 is 0 Å². The van der Waals surface area contributed by atoms with E-state index in [1.807, 2.05) is 6.92 Å². The van der Waals surface area contributed by atoms with E-state index in [-0.39, 0.29) is 11.6 Å². The van der Waals surface area contributed by atoms with Crippen molar-refractivity contribution in [2.75, 3.05) is 18.6 Å². The molecule has 0 spiro atoms. The van der Waals surface area contributed by atoms with Gasteiger partial charge in [0.15, 0.2) is 5.16 Å². The molecule has 0 unspecified atom stereocenters. The number of ether oxygens (including phenoxy) is 1. The van der Waals surface area contributed by atoms with Gasteiger partial charge in [-0.15, -0.1) is 11.3 Å². The number of ketones is 1. The Bertz CT molecular complexity index is 598. The standard InChI is InChI=1S/C12H13N3O2S2/c1-3-18-12-14-6-7(11(13)15-12)9(16)10-8(17-2)4-5-19-10/h4-6H,3H2,1-2H3,(H2,13,14,15). The third-order valence-corrected chi connectivity index (χ3v) is 4.01. The Labute approximate surface area is 119 Å². The second-order valence-electron chi connectivity index (χ2n) is 3.53. The minimum Gasteiger partial charge on any atom is -0.495 e. The van der Waals surface area contributed by atoms with Crippen LogP contribution < -0.4 is 10.5 Å². The fourth-order valence-electron chi connectivity index (χ4n) is 1.50. The van der Waals surface area contributed by atoms with Gasteiger partial charge < -0.3 is 10.5 Å². The van der Waals surface area contributed by atoms with E-state index in [0.29, 0.717) is 21.3 Å². The predicted octanol–water partition coefficient (Wildman–Crippen LogP) is 2.47. The van der Waals surface area contributed by atoms with Crippen LogP contribution >= 0.6 is 23.1 Å². The molecule has 100 valence electrons. The Morgan fingerprint density at radius 3 is 3.00 bits per heavy atom. The summed E-state index contributed by atoms with van der Waals surface area (Å²) < 4.78 is 5.13. The lowest BCUT2D eigenvalue weighted by molar-refractivity contribution is 0.104. The third-order valence-electron chi connectivity index (χ3n) is 2.37. The molecule has 19 heavy (non-hydrogen) atoms. The number of carbonyl (C=O) groups is 1. The molecule has 0 aliphatic rings. The summed E-state index contributed by atoms with van der Waals surface area (Å²) in [4.78, 5) is 21.1. The molecule has 0 aromatic carbocycles. The van der Waals surface area contributed by atoms with Crippen molar-refractivity contribution in [3.05, 3.63) is 28.1 Å². The van der Waals surface area contributed by atoms with Crippen LogP contribution in [0.1, 0.15) is 22.2 Å². The number of anilines is 1. The van der Waals surface area contributed by atoms with Crippen LogP contribution in [0.2, 0.25) is 0 Å². The van der Waals surface area contributed by atoms with Crippen molar-refractivity contribution < 1.29 is 9.53 Å². The van der Waals surface area contributed by atoms with Crippen molar-refractivity contribution in [3.8, 4) is 5.75 Å². The molecule has 7 heteroatoms. The number of thiophene rings is 1. The molecule has 5 nitrogen and oxygen atoms in total. The molecule has 0 saturated carbocycles. The van der Waals surface area contributed by atoms with Gasteiger partial charge in [-0.3, -0.25) is 4.79 Å². The first-order chi connectivity index (χ1) is 9.17. The summed E-state index contributed by atoms with van der Waals surface area (Å²) in [5.41, 5.74) is 6.14. The van der Waals surface area contributed by atoms with Gasteiger partial charge >= 0.3 is 0 Å². The molecular weight excluding hydrogens is 282 g/mol. The number of hydrogen-bond donors (Lipinski definition) is 1. The van der Waals surface area contributed by atoms with Crippen molar-refractivity contribution in [1.82, 2.24) is 9.97 Å². The molecule has 0 saturated heterocycles. The Hall–Kier alpha value is -1.60. The molecule has 0 fully saturated rings. The normalized spacial score (nSPS) is 10.4. The Kier molecular flexibility index (Phi) is 4.39. The minimum atomic E-state index is -0.211. The van der Waals surface area contributed by atoms with Gasteiger partial charge in [0.25, 0.3) is 0 Å². The Balaban J connectivity index is 2.34. The summed E-state index contributed by atoms with van der Waals surface area (Å²) in [7, 11) is 1.53. The van der Waals surface area contributed by atoms with Crippen LogP contribution in [0.15, 0.2) is 22.8 Å². The molecule has 2 aromatic heterocycles. The maximum absolute atomic E-state index is 12.3. The number of thioether (sulfide) groups is 1. The highest BCUT2D eigenvalue weighted by Crippen LogP contribution is 2.28. The number of hydrogen-bond acceptors (Lipinski definition) is 7. The summed E-state index contributed by atoms with van der Waals surface area (Å²) in [5.74, 6) is 1.39. The maximum atomic E-state index is 12.3. The number of nitrogens with two attached hydrogens (primary N) is 1. The molecule has 0 atom stereocenters. The molecule has 0 aliphatic heterocycles. The van der Waals surface area contributed by atoms with Crippen LogP contribution in [0.3, 0.4) is 0 Å². The van der Waals surface area contributed by atoms with Gasteiger partial charge in [-0.25, -0.2) is 9.97 Å². The van der Waals surface area contributed by atoms with Gasteiger partial charge in [-0.2, -0.15) is 0 Å². The van der Waals surface area contributed by atoms with Gasteiger partial charge in [-0.1, -0.05) is 18.7 Å². The van der Waals surface area contributed by atoms with E-state index in [0.717, 1.165) is 5.75 Å². The summed E-state index contributed by atoms with van der Waals surface area (Å²) in [6.45, 7) is 2.00. The van der Waals surface area contributed by atoms with E-state index in [1.165, 1.54) is 36.4 Å². The van der Waals surface area contributed by atoms with Crippen LogP contribution in [-0.4, -0.2) is 28.6 Å². The van der Waals surface area contributed by atoms with Gasteiger partial charge in [0, 0.05) is 6.20 Å². The first-order valence-electron chi connectivity index (χ1n) is 5.58. The van der Waals surface area contributed by atoms with E-state index in [9.17, 15) is 4.79 Å². The molecule has 2 aromatic rings. The van der Waals surface area contributed by atoms with Gasteiger partial charge in [-0.05, 0) is 17.2 Å². The summed E-state index contributed by atoms with van der Waals surface area (Å²) in [6.07, 6.45) is 1.47. The average molecular weight is 295 g/mol. The monoisotopic (exact) mass is 295 g/mol. The average Bonchev–Trinajstić information content (AvgIpc) is 2.87. The molecule has 0 aliphatic carbocycles. The summed E-state index contributed by atoms with van der Waals surface area (Å²) in [5, 5.41) is 2.37. The lowest BCUT2D eigenvalue weighted by Crippen LogP contribution is -2.08. The largest absolute Gasteiger partial charge is 0.495 e. The molecule has 2 N–H and O–H groups in total. The number of nitrogens with zero attached hydrogens (tertiary/aromatic N) is 2. The fraction of sp³-hybridized carbons (Fsp3) is 0.250. The van der Waals surface area contributed by atoms with Crippen LogP contribution in [-0.2, 0) is 0 Å². The van der Waals surface area contributed by atoms with E-state index in [1.54, 1.807) is 11.4 Å². The van der Waals surface area contributed by atoms with Gasteiger partial charge in [0.05, 0.1) is 12.7 Å². The molecule has 0 amide bonds. The molecule has 0 radical (unpaired) electrons. The zero-order chi connectivity index (χ0) is 13.8.